The van der Waals surface area contributed by atoms with Crippen LogP contribution in [0.2, 0.25) is 0 Å². The summed E-state index contributed by atoms with van der Waals surface area (Å²) in [6.07, 6.45) is 0. The third-order valence-corrected chi connectivity index (χ3v) is 4.08. The minimum Gasteiger partial charge on any atom is -0.369 e. The Morgan fingerprint density at radius 2 is 1.86 bits per heavy atom. The lowest BCUT2D eigenvalue weighted by Gasteiger charge is -2.36. The van der Waals surface area contributed by atoms with Gasteiger partial charge >= 0.3 is 0 Å². The van der Waals surface area contributed by atoms with Gasteiger partial charge in [0.2, 0.25) is 0 Å². The van der Waals surface area contributed by atoms with Gasteiger partial charge in [-0.05, 0) is 38.7 Å². The van der Waals surface area contributed by atoms with Gasteiger partial charge in [0.25, 0.3) is 0 Å². The average molecular weight is 290 g/mol. The molecule has 4 nitrogen and oxygen atoms in total. The SMILES string of the molecule is Cc1cccc(N2CCN(CCNCCN(C)C)CC2)c1. The predicted molar refractivity (Wildman–Crippen MR) is 91.3 cm³/mol. The lowest BCUT2D eigenvalue weighted by molar-refractivity contribution is 0.256. The Kier molecular flexibility index (Phi) is 6.49. The van der Waals surface area contributed by atoms with Crippen molar-refractivity contribution >= 4 is 5.69 Å². The number of aryl methyl sites for hydroxylation is 1. The van der Waals surface area contributed by atoms with E-state index in [-0.39, 0.29) is 0 Å². The Labute approximate surface area is 129 Å². The molecule has 0 aromatic heterocycles. The molecule has 1 aliphatic heterocycles. The molecule has 1 saturated heterocycles. The van der Waals surface area contributed by atoms with Gasteiger partial charge in [-0.2, -0.15) is 0 Å². The molecule has 0 unspecified atom stereocenters. The Hall–Kier alpha value is -1.10. The maximum Gasteiger partial charge on any atom is 0.0369 e. The largest absolute Gasteiger partial charge is 0.369 e. The lowest BCUT2D eigenvalue weighted by atomic mass is 10.2. The highest BCUT2D eigenvalue weighted by Crippen LogP contribution is 2.17. The third-order valence-electron chi connectivity index (χ3n) is 4.08. The molecule has 0 aliphatic carbocycles. The summed E-state index contributed by atoms with van der Waals surface area (Å²) in [7, 11) is 4.23. The van der Waals surface area contributed by atoms with Crippen LogP contribution in [0.4, 0.5) is 5.69 Å². The minimum atomic E-state index is 1.08. The summed E-state index contributed by atoms with van der Waals surface area (Å²) in [5.74, 6) is 0. The molecule has 21 heavy (non-hydrogen) atoms. The smallest absolute Gasteiger partial charge is 0.0369 e. The molecule has 1 aromatic rings. The van der Waals surface area contributed by atoms with Gasteiger partial charge in [-0.25, -0.2) is 0 Å². The summed E-state index contributed by atoms with van der Waals surface area (Å²) in [6.45, 7) is 11.2. The van der Waals surface area contributed by atoms with Crippen molar-refractivity contribution in [2.24, 2.45) is 0 Å². The van der Waals surface area contributed by atoms with Crippen LogP contribution in [0.1, 0.15) is 5.56 Å². The van der Waals surface area contributed by atoms with Crippen LogP contribution in [-0.4, -0.2) is 76.3 Å². The number of piperazine rings is 1. The normalized spacial score (nSPS) is 16.7. The van der Waals surface area contributed by atoms with Gasteiger partial charge in [0.15, 0.2) is 0 Å². The fourth-order valence-electron chi connectivity index (χ4n) is 2.72. The Bertz CT molecular complexity index is 411. The lowest BCUT2D eigenvalue weighted by Crippen LogP contribution is -2.48. The Morgan fingerprint density at radius 1 is 1.10 bits per heavy atom. The van der Waals surface area contributed by atoms with E-state index >= 15 is 0 Å². The molecule has 1 fully saturated rings. The van der Waals surface area contributed by atoms with E-state index in [2.05, 4.69) is 65.3 Å². The molecular formula is C17H30N4. The number of benzene rings is 1. The molecule has 0 spiro atoms. The first-order chi connectivity index (χ1) is 10.1. The van der Waals surface area contributed by atoms with Crippen molar-refractivity contribution in [3.8, 4) is 0 Å². The van der Waals surface area contributed by atoms with E-state index in [0.717, 1.165) is 39.3 Å². The second-order valence-electron chi connectivity index (χ2n) is 6.22. The highest BCUT2D eigenvalue weighted by Gasteiger charge is 2.16. The summed E-state index contributed by atoms with van der Waals surface area (Å²) in [5.41, 5.74) is 2.72. The summed E-state index contributed by atoms with van der Waals surface area (Å²) in [5, 5.41) is 3.52. The van der Waals surface area contributed by atoms with Crippen molar-refractivity contribution < 1.29 is 0 Å². The fourth-order valence-corrected chi connectivity index (χ4v) is 2.72. The van der Waals surface area contributed by atoms with Crippen molar-refractivity contribution in [3.05, 3.63) is 29.8 Å². The van der Waals surface area contributed by atoms with Crippen LogP contribution in [-0.2, 0) is 0 Å². The Morgan fingerprint density at radius 3 is 2.52 bits per heavy atom. The van der Waals surface area contributed by atoms with Crippen LogP contribution in [0.3, 0.4) is 0 Å². The van der Waals surface area contributed by atoms with Gasteiger partial charge in [-0.1, -0.05) is 12.1 Å². The number of rotatable bonds is 7. The average Bonchev–Trinajstić information content (AvgIpc) is 2.47. The molecule has 0 atom stereocenters. The van der Waals surface area contributed by atoms with E-state index in [4.69, 9.17) is 0 Å². The number of nitrogens with zero attached hydrogens (tertiary/aromatic N) is 3. The van der Waals surface area contributed by atoms with Crippen molar-refractivity contribution in [2.75, 3.05) is 71.4 Å². The minimum absolute atomic E-state index is 1.08. The molecule has 1 heterocycles. The molecule has 4 heteroatoms. The molecular weight excluding hydrogens is 260 g/mol. The number of likely N-dealkylation sites (N-methyl/N-ethyl adjacent to an activating group) is 1. The van der Waals surface area contributed by atoms with Crippen molar-refractivity contribution in [1.29, 1.82) is 0 Å². The highest BCUT2D eigenvalue weighted by atomic mass is 15.3. The summed E-state index contributed by atoms with van der Waals surface area (Å²) in [4.78, 5) is 7.28. The van der Waals surface area contributed by atoms with E-state index in [0.29, 0.717) is 0 Å². The molecule has 2 rings (SSSR count). The topological polar surface area (TPSA) is 21.8 Å². The molecule has 0 radical (unpaired) electrons. The zero-order valence-electron chi connectivity index (χ0n) is 13.8. The van der Waals surface area contributed by atoms with E-state index in [1.54, 1.807) is 0 Å². The summed E-state index contributed by atoms with van der Waals surface area (Å²) < 4.78 is 0. The second kappa shape index (κ2) is 8.37. The highest BCUT2D eigenvalue weighted by molar-refractivity contribution is 5.48. The van der Waals surface area contributed by atoms with Gasteiger partial charge in [0.1, 0.15) is 0 Å². The third kappa shape index (κ3) is 5.65. The molecule has 0 bridgehead atoms. The maximum atomic E-state index is 3.52. The molecule has 118 valence electrons. The van der Waals surface area contributed by atoms with Crippen LogP contribution in [0, 0.1) is 6.92 Å². The summed E-state index contributed by atoms with van der Waals surface area (Å²) >= 11 is 0. The van der Waals surface area contributed by atoms with Gasteiger partial charge in [0, 0.05) is 58.0 Å². The quantitative estimate of drug-likeness (QED) is 0.763. The number of hydrogen-bond acceptors (Lipinski definition) is 4. The van der Waals surface area contributed by atoms with Crippen LogP contribution in [0.5, 0.6) is 0 Å². The van der Waals surface area contributed by atoms with Gasteiger partial charge in [0.05, 0.1) is 0 Å². The molecule has 1 aliphatic rings. The van der Waals surface area contributed by atoms with Gasteiger partial charge < -0.3 is 15.1 Å². The van der Waals surface area contributed by atoms with E-state index in [1.807, 2.05) is 0 Å². The number of nitrogens with one attached hydrogen (secondary N) is 1. The molecule has 0 saturated carbocycles. The van der Waals surface area contributed by atoms with Crippen LogP contribution < -0.4 is 10.2 Å². The predicted octanol–water partition coefficient (Wildman–Crippen LogP) is 1.27. The zero-order valence-corrected chi connectivity index (χ0v) is 13.8. The van der Waals surface area contributed by atoms with Crippen LogP contribution >= 0.6 is 0 Å². The van der Waals surface area contributed by atoms with Crippen LogP contribution in [0.15, 0.2) is 24.3 Å². The second-order valence-corrected chi connectivity index (χ2v) is 6.22. The van der Waals surface area contributed by atoms with Crippen LogP contribution in [0.25, 0.3) is 0 Å². The molecule has 0 amide bonds. The first kappa shape index (κ1) is 16.3. The zero-order chi connectivity index (χ0) is 15.1. The fraction of sp³-hybridized carbons (Fsp3) is 0.647. The van der Waals surface area contributed by atoms with Crippen molar-refractivity contribution in [2.45, 2.75) is 6.92 Å². The first-order valence-electron chi connectivity index (χ1n) is 8.04. The van der Waals surface area contributed by atoms with Gasteiger partial charge in [-0.3, -0.25) is 4.90 Å². The molecule has 1 aromatic carbocycles. The number of hydrogen-bond donors (Lipinski definition) is 1. The van der Waals surface area contributed by atoms with E-state index in [9.17, 15) is 0 Å². The first-order valence-corrected chi connectivity index (χ1v) is 8.04. The molecule has 1 N–H and O–H groups in total. The Balaban J connectivity index is 1.64. The summed E-state index contributed by atoms with van der Waals surface area (Å²) in [6, 6.07) is 8.84. The number of anilines is 1. The monoisotopic (exact) mass is 290 g/mol. The van der Waals surface area contributed by atoms with Crippen molar-refractivity contribution in [1.82, 2.24) is 15.1 Å². The van der Waals surface area contributed by atoms with E-state index in [1.165, 1.54) is 24.3 Å². The van der Waals surface area contributed by atoms with E-state index < -0.39 is 0 Å². The maximum absolute atomic E-state index is 3.52. The van der Waals surface area contributed by atoms with Crippen molar-refractivity contribution in [3.63, 3.8) is 0 Å². The van der Waals surface area contributed by atoms with Gasteiger partial charge in [-0.15, -0.1) is 0 Å². The standard InChI is InChI=1S/C17H30N4/c1-16-5-4-6-17(15-16)21-13-11-20(12-14-21)10-8-18-7-9-19(2)3/h4-6,15,18H,7-14H2,1-3H3.